The van der Waals surface area contributed by atoms with E-state index in [1.807, 2.05) is 0 Å². The molecule has 98 valence electrons. The Labute approximate surface area is 105 Å². The van der Waals surface area contributed by atoms with Crippen LogP contribution >= 0.6 is 0 Å². The standard InChI is InChI=1S/C15H26O2/c1-13(2)5-11-6-14(3,8-12(16)17)10-15(4,7-11)9-13/h11H,5-10H2,1-4H3,(H,16,17). The molecule has 17 heavy (non-hydrogen) atoms. The number of rotatable bonds is 2. The van der Waals surface area contributed by atoms with E-state index in [2.05, 4.69) is 27.7 Å². The van der Waals surface area contributed by atoms with Gasteiger partial charge in [0.25, 0.3) is 0 Å². The van der Waals surface area contributed by atoms with Gasteiger partial charge >= 0.3 is 5.97 Å². The van der Waals surface area contributed by atoms with Gasteiger partial charge in [-0.25, -0.2) is 0 Å². The summed E-state index contributed by atoms with van der Waals surface area (Å²) in [6, 6.07) is 0. The molecule has 2 aliphatic rings. The summed E-state index contributed by atoms with van der Waals surface area (Å²) < 4.78 is 0. The van der Waals surface area contributed by atoms with Gasteiger partial charge in [0.15, 0.2) is 0 Å². The normalized spacial score (nSPS) is 44.4. The molecule has 0 amide bonds. The molecule has 0 saturated heterocycles. The zero-order valence-corrected chi connectivity index (χ0v) is 11.7. The SMILES string of the molecule is CC1(C)CC2CC(C)(CC(=O)O)CC(C)(C2)C1. The second kappa shape index (κ2) is 3.73. The maximum atomic E-state index is 11.0. The highest BCUT2D eigenvalue weighted by Gasteiger charge is 2.50. The molecule has 2 bridgehead atoms. The molecule has 0 aliphatic heterocycles. The summed E-state index contributed by atoms with van der Waals surface area (Å²) in [6.45, 7) is 9.30. The average Bonchev–Trinajstić information content (AvgIpc) is 1.90. The third kappa shape index (κ3) is 2.83. The fourth-order valence-corrected chi connectivity index (χ4v) is 5.43. The van der Waals surface area contributed by atoms with Gasteiger partial charge in [-0.1, -0.05) is 27.7 Å². The van der Waals surface area contributed by atoms with Crippen LogP contribution < -0.4 is 0 Å². The number of carbonyl (C=O) groups is 1. The number of hydrogen-bond acceptors (Lipinski definition) is 1. The van der Waals surface area contributed by atoms with Crippen LogP contribution in [0.2, 0.25) is 0 Å². The molecule has 0 heterocycles. The van der Waals surface area contributed by atoms with Crippen molar-refractivity contribution in [1.82, 2.24) is 0 Å². The highest BCUT2D eigenvalue weighted by atomic mass is 16.4. The molecule has 0 radical (unpaired) electrons. The van der Waals surface area contributed by atoms with Gasteiger partial charge in [-0.15, -0.1) is 0 Å². The molecule has 2 aliphatic carbocycles. The second-order valence-corrected chi connectivity index (χ2v) is 8.19. The van der Waals surface area contributed by atoms with Gasteiger partial charge in [0.2, 0.25) is 0 Å². The molecular weight excluding hydrogens is 212 g/mol. The summed E-state index contributed by atoms with van der Waals surface area (Å²) in [4.78, 5) is 11.0. The Morgan fingerprint density at radius 2 is 1.76 bits per heavy atom. The topological polar surface area (TPSA) is 37.3 Å². The quantitative estimate of drug-likeness (QED) is 0.786. The van der Waals surface area contributed by atoms with Gasteiger partial charge in [0.05, 0.1) is 6.42 Å². The van der Waals surface area contributed by atoms with E-state index in [4.69, 9.17) is 5.11 Å². The predicted molar refractivity (Wildman–Crippen MR) is 68.8 cm³/mol. The minimum absolute atomic E-state index is 0.0278. The van der Waals surface area contributed by atoms with Crippen LogP contribution in [0.3, 0.4) is 0 Å². The number of carboxylic acids is 1. The molecule has 2 fully saturated rings. The van der Waals surface area contributed by atoms with Crippen molar-refractivity contribution >= 4 is 5.97 Å². The number of fused-ring (bicyclic) bond motifs is 2. The van der Waals surface area contributed by atoms with Crippen molar-refractivity contribution in [2.45, 2.75) is 66.2 Å². The molecule has 3 unspecified atom stereocenters. The average molecular weight is 238 g/mol. The maximum absolute atomic E-state index is 11.0. The zero-order valence-electron chi connectivity index (χ0n) is 11.7. The van der Waals surface area contributed by atoms with Crippen LogP contribution in [0.25, 0.3) is 0 Å². The summed E-state index contributed by atoms with van der Waals surface area (Å²) in [5, 5.41) is 9.08. The first-order chi connectivity index (χ1) is 7.62. The smallest absolute Gasteiger partial charge is 0.303 e. The van der Waals surface area contributed by atoms with Crippen molar-refractivity contribution in [2.75, 3.05) is 0 Å². The largest absolute Gasteiger partial charge is 0.481 e. The second-order valence-electron chi connectivity index (χ2n) is 8.19. The Kier molecular flexibility index (Phi) is 2.83. The van der Waals surface area contributed by atoms with Gasteiger partial charge in [0.1, 0.15) is 0 Å². The highest BCUT2D eigenvalue weighted by molar-refractivity contribution is 5.67. The minimum atomic E-state index is -0.629. The van der Waals surface area contributed by atoms with Crippen LogP contribution in [0.5, 0.6) is 0 Å². The zero-order chi connectivity index (χ0) is 12.9. The fraction of sp³-hybridized carbons (Fsp3) is 0.933. The van der Waals surface area contributed by atoms with Gasteiger partial charge in [0, 0.05) is 0 Å². The van der Waals surface area contributed by atoms with E-state index in [9.17, 15) is 4.79 Å². The van der Waals surface area contributed by atoms with E-state index in [1.54, 1.807) is 0 Å². The van der Waals surface area contributed by atoms with E-state index in [0.29, 0.717) is 17.3 Å². The van der Waals surface area contributed by atoms with Crippen molar-refractivity contribution in [3.8, 4) is 0 Å². The molecule has 2 saturated carbocycles. The van der Waals surface area contributed by atoms with E-state index in [-0.39, 0.29) is 5.41 Å². The molecule has 2 rings (SSSR count). The maximum Gasteiger partial charge on any atom is 0.303 e. The van der Waals surface area contributed by atoms with Crippen molar-refractivity contribution in [3.63, 3.8) is 0 Å². The summed E-state index contributed by atoms with van der Waals surface area (Å²) in [5.41, 5.74) is 0.844. The first-order valence-electron chi connectivity index (χ1n) is 6.83. The van der Waals surface area contributed by atoms with Crippen LogP contribution in [0.4, 0.5) is 0 Å². The summed E-state index contributed by atoms with van der Waals surface area (Å²) >= 11 is 0. The van der Waals surface area contributed by atoms with Crippen LogP contribution in [0, 0.1) is 22.2 Å². The Hall–Kier alpha value is -0.530. The molecule has 0 aromatic rings. The molecule has 2 heteroatoms. The molecule has 1 N–H and O–H groups in total. The van der Waals surface area contributed by atoms with Gasteiger partial charge in [-0.05, 0) is 54.3 Å². The monoisotopic (exact) mass is 238 g/mol. The summed E-state index contributed by atoms with van der Waals surface area (Å²) in [7, 11) is 0. The lowest BCUT2D eigenvalue weighted by molar-refractivity contribution is -0.142. The van der Waals surface area contributed by atoms with Crippen molar-refractivity contribution < 1.29 is 9.90 Å². The third-order valence-electron chi connectivity index (χ3n) is 4.74. The Bertz CT molecular complexity index is 332. The molecule has 0 aromatic heterocycles. The van der Waals surface area contributed by atoms with Crippen LogP contribution in [0.1, 0.15) is 66.2 Å². The van der Waals surface area contributed by atoms with Crippen molar-refractivity contribution in [2.24, 2.45) is 22.2 Å². The predicted octanol–water partition coefficient (Wildman–Crippen LogP) is 4.09. The Morgan fingerprint density at radius 1 is 1.12 bits per heavy atom. The van der Waals surface area contributed by atoms with Crippen LogP contribution in [-0.4, -0.2) is 11.1 Å². The first kappa shape index (κ1) is 12.9. The molecule has 0 aromatic carbocycles. The molecular formula is C15H26O2. The van der Waals surface area contributed by atoms with E-state index in [0.717, 1.165) is 18.8 Å². The first-order valence-corrected chi connectivity index (χ1v) is 6.83. The van der Waals surface area contributed by atoms with Crippen molar-refractivity contribution in [3.05, 3.63) is 0 Å². The highest BCUT2D eigenvalue weighted by Crippen LogP contribution is 2.60. The van der Waals surface area contributed by atoms with Crippen LogP contribution in [0.15, 0.2) is 0 Å². The Morgan fingerprint density at radius 3 is 2.29 bits per heavy atom. The van der Waals surface area contributed by atoms with E-state index >= 15 is 0 Å². The number of hydrogen-bond donors (Lipinski definition) is 1. The third-order valence-corrected chi connectivity index (χ3v) is 4.74. The van der Waals surface area contributed by atoms with Gasteiger partial charge in [-0.3, -0.25) is 4.79 Å². The lowest BCUT2D eigenvalue weighted by Crippen LogP contribution is -2.45. The van der Waals surface area contributed by atoms with Crippen molar-refractivity contribution in [1.29, 1.82) is 0 Å². The Balaban J connectivity index is 2.18. The number of aliphatic carboxylic acids is 1. The molecule has 0 spiro atoms. The minimum Gasteiger partial charge on any atom is -0.481 e. The fourth-order valence-electron chi connectivity index (χ4n) is 5.43. The lowest BCUT2D eigenvalue weighted by Gasteiger charge is -2.55. The van der Waals surface area contributed by atoms with E-state index < -0.39 is 5.97 Å². The molecule has 3 atom stereocenters. The lowest BCUT2D eigenvalue weighted by atomic mass is 9.49. The van der Waals surface area contributed by atoms with Gasteiger partial charge < -0.3 is 5.11 Å². The summed E-state index contributed by atoms with van der Waals surface area (Å²) in [5.74, 6) is 0.109. The van der Waals surface area contributed by atoms with E-state index in [1.165, 1.54) is 19.3 Å². The van der Waals surface area contributed by atoms with Crippen LogP contribution in [-0.2, 0) is 4.79 Å². The summed E-state index contributed by atoms with van der Waals surface area (Å²) in [6.07, 6.45) is 6.39. The molecule has 2 nitrogen and oxygen atoms in total. The number of carboxylic acid groups (broad SMARTS) is 1. The van der Waals surface area contributed by atoms with Gasteiger partial charge in [-0.2, -0.15) is 0 Å².